The molecule has 1 fully saturated rings. The van der Waals surface area contributed by atoms with Gasteiger partial charge in [-0.05, 0) is 25.1 Å². The second-order valence-electron chi connectivity index (χ2n) is 6.63. The standard InChI is InChI=1S/C18H16F3N5O3/c1-2-29-16(28)15-14-11(24-25-15)7-22-17(23-14)26-8-18(20,21)6-12(26)10-5-9(19)3-4-13(10)27/h3-5,7,12,27H,2,6,8H2,1H3,(H,24,25). The Labute approximate surface area is 162 Å². The quantitative estimate of drug-likeness (QED) is 0.641. The molecule has 1 aliphatic heterocycles. The predicted molar refractivity (Wildman–Crippen MR) is 95.4 cm³/mol. The van der Waals surface area contributed by atoms with Gasteiger partial charge < -0.3 is 14.7 Å². The van der Waals surface area contributed by atoms with Gasteiger partial charge in [-0.15, -0.1) is 0 Å². The number of nitrogens with one attached hydrogen (secondary N) is 1. The zero-order chi connectivity index (χ0) is 20.8. The molecule has 2 N–H and O–H groups in total. The lowest BCUT2D eigenvalue weighted by molar-refractivity contribution is 0.0221. The fraction of sp³-hybridized carbons (Fsp3) is 0.333. The van der Waals surface area contributed by atoms with E-state index in [2.05, 4.69) is 20.2 Å². The van der Waals surface area contributed by atoms with Gasteiger partial charge in [0, 0.05) is 12.0 Å². The molecular formula is C18H16F3N5O3. The fourth-order valence-electron chi connectivity index (χ4n) is 3.38. The Kier molecular flexibility index (Phi) is 4.52. The molecule has 1 unspecified atom stereocenters. The Morgan fingerprint density at radius 2 is 2.24 bits per heavy atom. The van der Waals surface area contributed by atoms with Crippen molar-refractivity contribution in [2.24, 2.45) is 0 Å². The van der Waals surface area contributed by atoms with Crippen LogP contribution in [0.5, 0.6) is 5.75 Å². The number of benzene rings is 1. The minimum Gasteiger partial charge on any atom is -0.508 e. The molecule has 0 saturated carbocycles. The molecule has 0 aliphatic carbocycles. The third kappa shape index (κ3) is 3.43. The number of hydrogen-bond donors (Lipinski definition) is 2. The maximum Gasteiger partial charge on any atom is 0.361 e. The van der Waals surface area contributed by atoms with E-state index in [-0.39, 0.29) is 35.1 Å². The van der Waals surface area contributed by atoms with Gasteiger partial charge in [0.25, 0.3) is 5.92 Å². The summed E-state index contributed by atoms with van der Waals surface area (Å²) in [6, 6.07) is 2.10. The zero-order valence-corrected chi connectivity index (χ0v) is 15.2. The number of fused-ring (bicyclic) bond motifs is 1. The minimum absolute atomic E-state index is 0.00341. The molecule has 0 radical (unpaired) electrons. The Balaban J connectivity index is 1.79. The van der Waals surface area contributed by atoms with Crippen molar-refractivity contribution in [2.75, 3.05) is 18.1 Å². The number of aromatic hydroxyl groups is 1. The van der Waals surface area contributed by atoms with E-state index in [0.29, 0.717) is 5.52 Å². The number of carbonyl (C=O) groups excluding carboxylic acids is 1. The molecule has 1 aromatic carbocycles. The van der Waals surface area contributed by atoms with Crippen molar-refractivity contribution < 1.29 is 27.8 Å². The molecule has 152 valence electrons. The second-order valence-corrected chi connectivity index (χ2v) is 6.63. The molecule has 29 heavy (non-hydrogen) atoms. The second kappa shape index (κ2) is 6.90. The number of hydrogen-bond acceptors (Lipinski definition) is 7. The summed E-state index contributed by atoms with van der Waals surface area (Å²) in [4.78, 5) is 21.5. The highest BCUT2D eigenvalue weighted by Gasteiger charge is 2.47. The van der Waals surface area contributed by atoms with Crippen LogP contribution in [-0.4, -0.2) is 50.3 Å². The largest absolute Gasteiger partial charge is 0.508 e. The Hall–Kier alpha value is -3.37. The summed E-state index contributed by atoms with van der Waals surface area (Å²) in [5, 5.41) is 16.5. The van der Waals surface area contributed by atoms with Gasteiger partial charge in [-0.2, -0.15) is 5.10 Å². The van der Waals surface area contributed by atoms with Gasteiger partial charge in [-0.1, -0.05) is 0 Å². The smallest absolute Gasteiger partial charge is 0.361 e. The van der Waals surface area contributed by atoms with E-state index in [1.807, 2.05) is 0 Å². The number of phenols is 1. The molecule has 4 rings (SSSR count). The van der Waals surface area contributed by atoms with E-state index in [4.69, 9.17) is 4.74 Å². The van der Waals surface area contributed by atoms with Gasteiger partial charge in [0.1, 0.15) is 22.6 Å². The third-order valence-corrected chi connectivity index (χ3v) is 4.63. The average Bonchev–Trinajstić information content (AvgIpc) is 3.23. The van der Waals surface area contributed by atoms with Crippen LogP contribution in [-0.2, 0) is 4.74 Å². The maximum atomic E-state index is 14.2. The van der Waals surface area contributed by atoms with Crippen molar-refractivity contribution in [1.29, 1.82) is 0 Å². The van der Waals surface area contributed by atoms with Crippen LogP contribution in [0.4, 0.5) is 19.1 Å². The number of nitrogens with zero attached hydrogens (tertiary/aromatic N) is 4. The normalized spacial score (nSPS) is 18.3. The average molecular weight is 407 g/mol. The van der Waals surface area contributed by atoms with E-state index in [1.54, 1.807) is 6.92 Å². The molecule has 2 aromatic heterocycles. The summed E-state index contributed by atoms with van der Waals surface area (Å²) in [5.41, 5.74) is 0.351. The van der Waals surface area contributed by atoms with Gasteiger partial charge in [0.2, 0.25) is 5.95 Å². The molecule has 0 amide bonds. The highest BCUT2D eigenvalue weighted by molar-refractivity contribution is 6.00. The summed E-state index contributed by atoms with van der Waals surface area (Å²) in [5.74, 6) is -4.90. The number of phenolic OH excluding ortho intramolecular Hbond substituents is 1. The first-order valence-corrected chi connectivity index (χ1v) is 8.80. The Bertz CT molecular complexity index is 1090. The van der Waals surface area contributed by atoms with Crippen LogP contribution in [0.1, 0.15) is 35.4 Å². The lowest BCUT2D eigenvalue weighted by Crippen LogP contribution is -2.28. The molecule has 3 aromatic rings. The van der Waals surface area contributed by atoms with Crippen molar-refractivity contribution >= 4 is 23.0 Å². The summed E-state index contributed by atoms with van der Waals surface area (Å²) in [7, 11) is 0. The summed E-state index contributed by atoms with van der Waals surface area (Å²) in [6.45, 7) is 1.03. The van der Waals surface area contributed by atoms with Crippen LogP contribution in [0.3, 0.4) is 0 Å². The molecule has 0 spiro atoms. The first-order chi connectivity index (χ1) is 13.8. The topological polar surface area (TPSA) is 104 Å². The predicted octanol–water partition coefficient (Wildman–Crippen LogP) is 2.96. The molecule has 3 heterocycles. The number of aromatic amines is 1. The summed E-state index contributed by atoms with van der Waals surface area (Å²) >= 11 is 0. The first-order valence-electron chi connectivity index (χ1n) is 8.80. The van der Waals surface area contributed by atoms with Crippen LogP contribution >= 0.6 is 0 Å². The molecule has 1 saturated heterocycles. The Morgan fingerprint density at radius 1 is 1.45 bits per heavy atom. The number of ether oxygens (including phenoxy) is 1. The van der Waals surface area contributed by atoms with E-state index in [1.165, 1.54) is 11.1 Å². The number of alkyl halides is 2. The van der Waals surface area contributed by atoms with Gasteiger partial charge in [0.05, 0.1) is 25.4 Å². The maximum absolute atomic E-state index is 14.2. The SMILES string of the molecule is CCOC(=O)c1n[nH]c2cnc(N3CC(F)(F)CC3c3cc(F)ccc3O)nc12. The number of carbonyl (C=O) groups is 1. The fourth-order valence-corrected chi connectivity index (χ4v) is 3.38. The molecule has 1 atom stereocenters. The van der Waals surface area contributed by atoms with Crippen LogP contribution in [0.25, 0.3) is 11.0 Å². The molecule has 0 bridgehead atoms. The van der Waals surface area contributed by atoms with Crippen LogP contribution in [0, 0.1) is 5.82 Å². The Morgan fingerprint density at radius 3 is 3.00 bits per heavy atom. The first kappa shape index (κ1) is 19.0. The third-order valence-electron chi connectivity index (χ3n) is 4.63. The van der Waals surface area contributed by atoms with E-state index >= 15 is 0 Å². The molecule has 1 aliphatic rings. The monoisotopic (exact) mass is 407 g/mol. The number of aromatic nitrogens is 4. The highest BCUT2D eigenvalue weighted by Crippen LogP contribution is 2.45. The molecule has 11 heteroatoms. The number of anilines is 1. The summed E-state index contributed by atoms with van der Waals surface area (Å²) in [6.07, 6.45) is 0.661. The lowest BCUT2D eigenvalue weighted by atomic mass is 10.0. The number of H-pyrrole nitrogens is 1. The van der Waals surface area contributed by atoms with Gasteiger partial charge in [-0.25, -0.2) is 27.9 Å². The zero-order valence-electron chi connectivity index (χ0n) is 15.2. The van der Waals surface area contributed by atoms with Crippen molar-refractivity contribution in [2.45, 2.75) is 25.3 Å². The van der Waals surface area contributed by atoms with Gasteiger partial charge >= 0.3 is 5.97 Å². The highest BCUT2D eigenvalue weighted by atomic mass is 19.3. The van der Waals surface area contributed by atoms with E-state index in [0.717, 1.165) is 18.2 Å². The van der Waals surface area contributed by atoms with E-state index < -0.39 is 36.7 Å². The van der Waals surface area contributed by atoms with Crippen molar-refractivity contribution in [1.82, 2.24) is 20.2 Å². The van der Waals surface area contributed by atoms with Gasteiger partial charge in [0.15, 0.2) is 5.69 Å². The van der Waals surface area contributed by atoms with Crippen LogP contribution in [0.2, 0.25) is 0 Å². The molecule has 8 nitrogen and oxygen atoms in total. The number of rotatable bonds is 4. The van der Waals surface area contributed by atoms with Gasteiger partial charge in [-0.3, -0.25) is 5.10 Å². The van der Waals surface area contributed by atoms with Crippen molar-refractivity contribution in [3.63, 3.8) is 0 Å². The number of esters is 1. The lowest BCUT2D eigenvalue weighted by Gasteiger charge is -2.24. The number of halogens is 3. The van der Waals surface area contributed by atoms with E-state index in [9.17, 15) is 23.1 Å². The van der Waals surface area contributed by atoms with Crippen LogP contribution < -0.4 is 4.90 Å². The van der Waals surface area contributed by atoms with Crippen LogP contribution in [0.15, 0.2) is 24.4 Å². The summed E-state index contributed by atoms with van der Waals surface area (Å²) < 4.78 is 47.1. The molecular weight excluding hydrogens is 391 g/mol. The van der Waals surface area contributed by atoms with Crippen molar-refractivity contribution in [3.8, 4) is 5.75 Å². The minimum atomic E-state index is -3.11. The van der Waals surface area contributed by atoms with Crippen molar-refractivity contribution in [3.05, 3.63) is 41.5 Å².